The summed E-state index contributed by atoms with van der Waals surface area (Å²) >= 11 is 5.89. The van der Waals surface area contributed by atoms with Crippen molar-refractivity contribution in [3.63, 3.8) is 0 Å². The lowest BCUT2D eigenvalue weighted by atomic mass is 9.96. The summed E-state index contributed by atoms with van der Waals surface area (Å²) in [5.74, 6) is 1.20. The van der Waals surface area contributed by atoms with E-state index in [2.05, 4.69) is 0 Å². The van der Waals surface area contributed by atoms with Gasteiger partial charge in [-0.05, 0) is 48.7 Å². The SMILES string of the molecule is NCC(CCOc1ccccc1)c1ccc(Cl)cc1. The summed E-state index contributed by atoms with van der Waals surface area (Å²) in [5.41, 5.74) is 7.05. The maximum atomic E-state index is 5.89. The van der Waals surface area contributed by atoms with E-state index in [0.717, 1.165) is 17.2 Å². The first kappa shape index (κ1) is 13.9. The van der Waals surface area contributed by atoms with Crippen LogP contribution in [-0.2, 0) is 0 Å². The first-order valence-electron chi connectivity index (χ1n) is 6.43. The van der Waals surface area contributed by atoms with Gasteiger partial charge < -0.3 is 10.5 Å². The average Bonchev–Trinajstić information content (AvgIpc) is 2.46. The largest absolute Gasteiger partial charge is 0.494 e. The lowest BCUT2D eigenvalue weighted by Gasteiger charge is -2.15. The molecule has 2 rings (SSSR count). The Labute approximate surface area is 119 Å². The first-order valence-corrected chi connectivity index (χ1v) is 6.81. The molecule has 0 radical (unpaired) electrons. The second-order valence-electron chi connectivity index (χ2n) is 4.43. The van der Waals surface area contributed by atoms with Gasteiger partial charge in [-0.25, -0.2) is 0 Å². The summed E-state index contributed by atoms with van der Waals surface area (Å²) in [5, 5.41) is 0.750. The van der Waals surface area contributed by atoms with Crippen LogP contribution in [0.5, 0.6) is 5.75 Å². The molecule has 0 aliphatic carbocycles. The lowest BCUT2D eigenvalue weighted by Crippen LogP contribution is -2.15. The second-order valence-corrected chi connectivity index (χ2v) is 4.87. The van der Waals surface area contributed by atoms with Crippen LogP contribution in [0.2, 0.25) is 5.02 Å². The Hall–Kier alpha value is -1.51. The molecule has 0 aromatic heterocycles. The fourth-order valence-corrected chi connectivity index (χ4v) is 2.12. The van der Waals surface area contributed by atoms with Crippen molar-refractivity contribution in [2.24, 2.45) is 5.73 Å². The van der Waals surface area contributed by atoms with Gasteiger partial charge in [0.1, 0.15) is 5.75 Å². The quantitative estimate of drug-likeness (QED) is 0.869. The zero-order valence-electron chi connectivity index (χ0n) is 10.8. The fourth-order valence-electron chi connectivity index (χ4n) is 1.99. The zero-order chi connectivity index (χ0) is 13.5. The topological polar surface area (TPSA) is 35.2 Å². The summed E-state index contributed by atoms with van der Waals surface area (Å²) in [6, 6.07) is 17.7. The van der Waals surface area contributed by atoms with Crippen molar-refractivity contribution in [1.82, 2.24) is 0 Å². The molecule has 0 aliphatic rings. The minimum absolute atomic E-state index is 0.306. The molecule has 3 heteroatoms. The molecule has 19 heavy (non-hydrogen) atoms. The van der Waals surface area contributed by atoms with Crippen LogP contribution in [-0.4, -0.2) is 13.2 Å². The van der Waals surface area contributed by atoms with Gasteiger partial charge in [-0.3, -0.25) is 0 Å². The van der Waals surface area contributed by atoms with Gasteiger partial charge in [0.25, 0.3) is 0 Å². The fraction of sp³-hybridized carbons (Fsp3) is 0.250. The van der Waals surface area contributed by atoms with Gasteiger partial charge in [0, 0.05) is 5.02 Å². The van der Waals surface area contributed by atoms with Crippen LogP contribution < -0.4 is 10.5 Å². The van der Waals surface area contributed by atoms with E-state index in [0.29, 0.717) is 19.1 Å². The minimum atomic E-state index is 0.306. The highest BCUT2D eigenvalue weighted by atomic mass is 35.5. The Morgan fingerprint density at radius 1 is 1.00 bits per heavy atom. The molecular formula is C16H18ClNO. The third kappa shape index (κ3) is 4.27. The van der Waals surface area contributed by atoms with Crippen molar-refractivity contribution in [2.45, 2.75) is 12.3 Å². The minimum Gasteiger partial charge on any atom is -0.494 e. The molecule has 1 unspecified atom stereocenters. The summed E-state index contributed by atoms with van der Waals surface area (Å²) < 4.78 is 5.70. The highest BCUT2D eigenvalue weighted by Crippen LogP contribution is 2.21. The van der Waals surface area contributed by atoms with Crippen molar-refractivity contribution < 1.29 is 4.74 Å². The number of halogens is 1. The summed E-state index contributed by atoms with van der Waals surface area (Å²) in [6.07, 6.45) is 0.896. The van der Waals surface area contributed by atoms with E-state index in [9.17, 15) is 0 Å². The number of benzene rings is 2. The van der Waals surface area contributed by atoms with Crippen LogP contribution in [0.3, 0.4) is 0 Å². The van der Waals surface area contributed by atoms with E-state index in [1.807, 2.05) is 54.6 Å². The molecule has 0 saturated heterocycles. The monoisotopic (exact) mass is 275 g/mol. The van der Waals surface area contributed by atoms with Gasteiger partial charge in [-0.15, -0.1) is 0 Å². The smallest absolute Gasteiger partial charge is 0.119 e. The maximum absolute atomic E-state index is 5.89. The summed E-state index contributed by atoms with van der Waals surface area (Å²) in [6.45, 7) is 1.27. The number of hydrogen-bond acceptors (Lipinski definition) is 2. The van der Waals surface area contributed by atoms with Crippen LogP contribution in [0.1, 0.15) is 17.9 Å². The molecule has 2 aromatic carbocycles. The van der Waals surface area contributed by atoms with E-state index in [4.69, 9.17) is 22.1 Å². The van der Waals surface area contributed by atoms with Gasteiger partial charge in [0.05, 0.1) is 6.61 Å². The number of ether oxygens (including phenoxy) is 1. The number of rotatable bonds is 6. The van der Waals surface area contributed by atoms with Gasteiger partial charge >= 0.3 is 0 Å². The summed E-state index contributed by atoms with van der Waals surface area (Å²) in [7, 11) is 0. The lowest BCUT2D eigenvalue weighted by molar-refractivity contribution is 0.298. The molecule has 0 aliphatic heterocycles. The van der Waals surface area contributed by atoms with Gasteiger partial charge in [0.2, 0.25) is 0 Å². The van der Waals surface area contributed by atoms with Crippen molar-refractivity contribution in [3.05, 3.63) is 65.2 Å². The zero-order valence-corrected chi connectivity index (χ0v) is 11.5. The number of para-hydroxylation sites is 1. The van der Waals surface area contributed by atoms with Crippen LogP contribution in [0.25, 0.3) is 0 Å². The molecule has 0 spiro atoms. The van der Waals surface area contributed by atoms with Crippen molar-refractivity contribution in [3.8, 4) is 5.75 Å². The summed E-state index contributed by atoms with van der Waals surface area (Å²) in [4.78, 5) is 0. The molecule has 2 nitrogen and oxygen atoms in total. The van der Waals surface area contributed by atoms with E-state index in [-0.39, 0.29) is 0 Å². The Morgan fingerprint density at radius 3 is 2.32 bits per heavy atom. The average molecular weight is 276 g/mol. The predicted molar refractivity (Wildman–Crippen MR) is 79.8 cm³/mol. The van der Waals surface area contributed by atoms with Crippen molar-refractivity contribution in [2.75, 3.05) is 13.2 Å². The molecule has 0 amide bonds. The highest BCUT2D eigenvalue weighted by molar-refractivity contribution is 6.30. The van der Waals surface area contributed by atoms with Crippen LogP contribution in [0.4, 0.5) is 0 Å². The van der Waals surface area contributed by atoms with E-state index >= 15 is 0 Å². The molecule has 100 valence electrons. The van der Waals surface area contributed by atoms with Crippen molar-refractivity contribution in [1.29, 1.82) is 0 Å². The highest BCUT2D eigenvalue weighted by Gasteiger charge is 2.09. The molecule has 0 saturated carbocycles. The molecule has 0 fully saturated rings. The van der Waals surface area contributed by atoms with Gasteiger partial charge in [-0.2, -0.15) is 0 Å². The third-order valence-corrected chi connectivity index (χ3v) is 3.36. The molecule has 1 atom stereocenters. The molecule has 0 bridgehead atoms. The van der Waals surface area contributed by atoms with E-state index in [1.54, 1.807) is 0 Å². The third-order valence-electron chi connectivity index (χ3n) is 3.10. The van der Waals surface area contributed by atoms with Crippen LogP contribution in [0, 0.1) is 0 Å². The molecular weight excluding hydrogens is 258 g/mol. The predicted octanol–water partition coefficient (Wildman–Crippen LogP) is 3.85. The van der Waals surface area contributed by atoms with E-state index in [1.165, 1.54) is 5.56 Å². The van der Waals surface area contributed by atoms with Crippen LogP contribution in [0.15, 0.2) is 54.6 Å². The Kier molecular flexibility index (Phi) is 5.25. The Bertz CT molecular complexity index is 484. The number of hydrogen-bond donors (Lipinski definition) is 1. The second kappa shape index (κ2) is 7.17. The van der Waals surface area contributed by atoms with E-state index < -0.39 is 0 Å². The molecule has 0 heterocycles. The standard InChI is InChI=1S/C16H18ClNO/c17-15-8-6-13(7-9-15)14(12-18)10-11-19-16-4-2-1-3-5-16/h1-9,14H,10-12,18H2. The van der Waals surface area contributed by atoms with Crippen LogP contribution >= 0.6 is 11.6 Å². The van der Waals surface area contributed by atoms with Gasteiger partial charge in [0.15, 0.2) is 0 Å². The first-order chi connectivity index (χ1) is 9.29. The molecule has 2 N–H and O–H groups in total. The Morgan fingerprint density at radius 2 is 1.68 bits per heavy atom. The normalized spacial score (nSPS) is 12.1. The van der Waals surface area contributed by atoms with Gasteiger partial charge in [-0.1, -0.05) is 41.9 Å². The Balaban J connectivity index is 1.87. The molecule has 2 aromatic rings. The van der Waals surface area contributed by atoms with Crippen molar-refractivity contribution >= 4 is 11.6 Å². The number of nitrogens with two attached hydrogens (primary N) is 1. The maximum Gasteiger partial charge on any atom is 0.119 e.